The number of benzene rings is 2. The highest BCUT2D eigenvalue weighted by Crippen LogP contribution is 2.38. The van der Waals surface area contributed by atoms with Crippen LogP contribution in [0.3, 0.4) is 0 Å². The predicted molar refractivity (Wildman–Crippen MR) is 124 cm³/mol. The first-order valence-electron chi connectivity index (χ1n) is 11.5. The summed E-state index contributed by atoms with van der Waals surface area (Å²) in [6.45, 7) is 4.84. The Labute approximate surface area is 192 Å². The summed E-state index contributed by atoms with van der Waals surface area (Å²) in [6.07, 6.45) is 0.139. The average Bonchev–Trinajstić information content (AvgIpc) is 3.24. The van der Waals surface area contributed by atoms with Crippen LogP contribution >= 0.6 is 0 Å². The van der Waals surface area contributed by atoms with Crippen molar-refractivity contribution in [2.75, 3.05) is 26.7 Å². The highest BCUT2D eigenvalue weighted by Gasteiger charge is 2.37. The van der Waals surface area contributed by atoms with Crippen LogP contribution in [0.25, 0.3) is 22.6 Å². The van der Waals surface area contributed by atoms with E-state index in [1.54, 1.807) is 42.5 Å². The molecule has 2 heterocycles. The molecule has 0 spiro atoms. The summed E-state index contributed by atoms with van der Waals surface area (Å²) < 4.78 is 46.9. The molecule has 3 aromatic rings. The topological polar surface area (TPSA) is 41.1 Å². The molecule has 33 heavy (non-hydrogen) atoms. The number of aryl methyl sites for hydroxylation is 1. The highest BCUT2D eigenvalue weighted by atomic mass is 19.4. The van der Waals surface area contributed by atoms with E-state index in [2.05, 4.69) is 21.9 Å². The fourth-order valence-corrected chi connectivity index (χ4v) is 4.42. The van der Waals surface area contributed by atoms with Crippen LogP contribution in [0.4, 0.5) is 13.2 Å². The molecule has 176 valence electrons. The number of aromatic nitrogens is 2. The van der Waals surface area contributed by atoms with E-state index >= 15 is 0 Å². The molecule has 0 unspecified atom stereocenters. The molecule has 1 aromatic heterocycles. The van der Waals surface area contributed by atoms with Crippen molar-refractivity contribution in [3.8, 4) is 28.4 Å². The van der Waals surface area contributed by atoms with Crippen LogP contribution in [-0.2, 0) is 6.18 Å². The van der Waals surface area contributed by atoms with E-state index in [0.717, 1.165) is 23.7 Å². The van der Waals surface area contributed by atoms with Crippen LogP contribution < -0.4 is 4.74 Å². The van der Waals surface area contributed by atoms with Crippen LogP contribution in [0.1, 0.15) is 36.9 Å². The van der Waals surface area contributed by atoms with Gasteiger partial charge in [0.2, 0.25) is 0 Å². The Hall–Kier alpha value is -2.80. The molecule has 1 N–H and O–H groups in total. The van der Waals surface area contributed by atoms with Gasteiger partial charge in [-0.15, -0.1) is 0 Å². The summed E-state index contributed by atoms with van der Waals surface area (Å²) in [5.74, 6) is 1.70. The number of ether oxygens (including phenoxy) is 1. The van der Waals surface area contributed by atoms with Crippen molar-refractivity contribution in [1.29, 1.82) is 0 Å². The Bertz CT molecular complexity index is 1050. The lowest BCUT2D eigenvalue weighted by atomic mass is 9.93. The van der Waals surface area contributed by atoms with Gasteiger partial charge in [-0.3, -0.25) is 0 Å². The van der Waals surface area contributed by atoms with Gasteiger partial charge in [0.15, 0.2) is 0 Å². The Morgan fingerprint density at radius 3 is 2.48 bits per heavy atom. The molecule has 0 aliphatic carbocycles. The molecule has 1 aliphatic rings. The second-order valence-corrected chi connectivity index (χ2v) is 8.89. The van der Waals surface area contributed by atoms with E-state index in [1.807, 2.05) is 13.0 Å². The summed E-state index contributed by atoms with van der Waals surface area (Å²) in [6, 6.07) is 13.9. The first-order chi connectivity index (χ1) is 15.8. The minimum atomic E-state index is -4.53. The number of imidazole rings is 1. The van der Waals surface area contributed by atoms with Gasteiger partial charge >= 0.3 is 6.18 Å². The molecule has 1 fully saturated rings. The van der Waals surface area contributed by atoms with Crippen molar-refractivity contribution in [3.63, 3.8) is 0 Å². The number of hydrogen-bond donors (Lipinski definition) is 1. The van der Waals surface area contributed by atoms with Gasteiger partial charge < -0.3 is 14.6 Å². The van der Waals surface area contributed by atoms with Gasteiger partial charge in [-0.1, -0.05) is 30.3 Å². The maximum absolute atomic E-state index is 13.7. The average molecular weight is 458 g/mol. The van der Waals surface area contributed by atoms with Gasteiger partial charge in [0, 0.05) is 11.1 Å². The van der Waals surface area contributed by atoms with Gasteiger partial charge in [0.05, 0.1) is 6.61 Å². The maximum Gasteiger partial charge on any atom is 0.433 e. The molecule has 0 saturated carbocycles. The zero-order valence-corrected chi connectivity index (χ0v) is 19.1. The zero-order chi connectivity index (χ0) is 23.4. The predicted octanol–water partition coefficient (Wildman–Crippen LogP) is 6.57. The Morgan fingerprint density at radius 1 is 1.09 bits per heavy atom. The number of H-pyrrole nitrogens is 1. The number of piperidine rings is 1. The second-order valence-electron chi connectivity index (χ2n) is 8.89. The van der Waals surface area contributed by atoms with E-state index in [4.69, 9.17) is 4.74 Å². The van der Waals surface area contributed by atoms with E-state index in [1.165, 1.54) is 32.4 Å². The lowest BCUT2D eigenvalue weighted by Crippen LogP contribution is -2.30. The molecule has 0 amide bonds. The number of hydrogen-bond acceptors (Lipinski definition) is 3. The lowest BCUT2D eigenvalue weighted by Gasteiger charge is -2.28. The van der Waals surface area contributed by atoms with E-state index < -0.39 is 11.9 Å². The molecular formula is C26H30F3N3O. The van der Waals surface area contributed by atoms with Crippen molar-refractivity contribution in [3.05, 3.63) is 59.8 Å². The highest BCUT2D eigenvalue weighted by molar-refractivity contribution is 5.70. The smallest absolute Gasteiger partial charge is 0.433 e. The van der Waals surface area contributed by atoms with E-state index in [0.29, 0.717) is 17.7 Å². The minimum Gasteiger partial charge on any atom is -0.494 e. The summed E-state index contributed by atoms with van der Waals surface area (Å²) in [7, 11) is 2.17. The van der Waals surface area contributed by atoms with Crippen LogP contribution in [0.15, 0.2) is 48.5 Å². The fourth-order valence-electron chi connectivity index (χ4n) is 4.42. The number of likely N-dealkylation sites (tertiary alicyclic amines) is 1. The van der Waals surface area contributed by atoms with Gasteiger partial charge in [-0.25, -0.2) is 4.98 Å². The number of alkyl halides is 3. The van der Waals surface area contributed by atoms with Crippen molar-refractivity contribution < 1.29 is 17.9 Å². The number of nitrogens with one attached hydrogen (secondary N) is 1. The van der Waals surface area contributed by atoms with Gasteiger partial charge in [-0.2, -0.15) is 13.2 Å². The minimum absolute atomic E-state index is 0.0910. The SMILES string of the molecule is Cc1cc(OCCCC2CCN(C)CC2)ccc1-c1nc(-c2ccccc2)c(C(F)(F)F)[nH]1. The van der Waals surface area contributed by atoms with Crippen molar-refractivity contribution in [2.24, 2.45) is 5.92 Å². The first-order valence-corrected chi connectivity index (χ1v) is 11.5. The molecular weight excluding hydrogens is 427 g/mol. The summed E-state index contributed by atoms with van der Waals surface area (Å²) in [5, 5.41) is 0. The van der Waals surface area contributed by atoms with Crippen LogP contribution in [0.2, 0.25) is 0 Å². The number of halogens is 3. The Morgan fingerprint density at radius 2 is 1.82 bits per heavy atom. The largest absolute Gasteiger partial charge is 0.494 e. The van der Waals surface area contributed by atoms with Crippen molar-refractivity contribution in [2.45, 2.75) is 38.8 Å². The van der Waals surface area contributed by atoms with Gasteiger partial charge in [0.25, 0.3) is 0 Å². The van der Waals surface area contributed by atoms with Crippen LogP contribution in [-0.4, -0.2) is 41.6 Å². The summed E-state index contributed by atoms with van der Waals surface area (Å²) in [5.41, 5.74) is 0.935. The summed E-state index contributed by atoms with van der Waals surface area (Å²) >= 11 is 0. The molecule has 1 aliphatic heterocycles. The number of rotatable bonds is 7. The third kappa shape index (κ3) is 5.77. The Kier molecular flexibility index (Phi) is 7.08. The molecule has 4 rings (SSSR count). The fraction of sp³-hybridized carbons (Fsp3) is 0.423. The molecule has 0 atom stereocenters. The normalized spacial score (nSPS) is 15.7. The van der Waals surface area contributed by atoms with Crippen LogP contribution in [0.5, 0.6) is 5.75 Å². The number of nitrogens with zero attached hydrogens (tertiary/aromatic N) is 2. The molecule has 7 heteroatoms. The second kappa shape index (κ2) is 10.00. The maximum atomic E-state index is 13.7. The Balaban J connectivity index is 1.44. The molecule has 4 nitrogen and oxygen atoms in total. The molecule has 1 saturated heterocycles. The van der Waals surface area contributed by atoms with Gasteiger partial charge in [-0.05, 0) is 82.4 Å². The molecule has 0 bridgehead atoms. The van der Waals surface area contributed by atoms with Crippen LogP contribution in [0, 0.1) is 12.8 Å². The zero-order valence-electron chi connectivity index (χ0n) is 19.1. The van der Waals surface area contributed by atoms with E-state index in [9.17, 15) is 13.2 Å². The van der Waals surface area contributed by atoms with Gasteiger partial charge in [0.1, 0.15) is 23.0 Å². The lowest BCUT2D eigenvalue weighted by molar-refractivity contribution is -0.140. The third-order valence-electron chi connectivity index (χ3n) is 6.35. The monoisotopic (exact) mass is 457 g/mol. The quantitative estimate of drug-likeness (QED) is 0.408. The first kappa shape index (κ1) is 23.4. The third-order valence-corrected chi connectivity index (χ3v) is 6.35. The number of aromatic amines is 1. The van der Waals surface area contributed by atoms with Crippen molar-refractivity contribution in [1.82, 2.24) is 14.9 Å². The molecule has 0 radical (unpaired) electrons. The molecule has 2 aromatic carbocycles. The van der Waals surface area contributed by atoms with Crippen molar-refractivity contribution >= 4 is 0 Å². The summed E-state index contributed by atoms with van der Waals surface area (Å²) in [4.78, 5) is 9.20. The van der Waals surface area contributed by atoms with E-state index in [-0.39, 0.29) is 11.5 Å². The standard InChI is InChI=1S/C26H30F3N3O/c1-18-17-21(33-16-6-7-19-12-14-32(2)15-13-19)10-11-22(18)25-30-23(20-8-4-3-5-9-20)24(31-25)26(27,28)29/h3-5,8-11,17,19H,6-7,12-16H2,1-2H3,(H,30,31).